The van der Waals surface area contributed by atoms with Gasteiger partial charge in [-0.05, 0) is 49.6 Å². The fourth-order valence-electron chi connectivity index (χ4n) is 3.60. The average molecular weight is 393 g/mol. The molecule has 6 nitrogen and oxygen atoms in total. The molecule has 1 aromatic heterocycles. The van der Waals surface area contributed by atoms with Crippen molar-refractivity contribution in [1.82, 2.24) is 20.0 Å². The minimum absolute atomic E-state index is 0.212. The van der Waals surface area contributed by atoms with Crippen molar-refractivity contribution in [2.24, 2.45) is 0 Å². The van der Waals surface area contributed by atoms with E-state index in [0.29, 0.717) is 13.1 Å². The van der Waals surface area contributed by atoms with Crippen LogP contribution in [0.4, 0.5) is 4.79 Å². The number of piperazine rings is 1. The van der Waals surface area contributed by atoms with Gasteiger partial charge in [-0.2, -0.15) is 5.10 Å². The first-order chi connectivity index (χ1) is 13.9. The van der Waals surface area contributed by atoms with Gasteiger partial charge in [0.1, 0.15) is 5.60 Å². The summed E-state index contributed by atoms with van der Waals surface area (Å²) in [6.45, 7) is 9.73. The van der Waals surface area contributed by atoms with Gasteiger partial charge in [-0.25, -0.2) is 4.79 Å². The fourth-order valence-corrected chi connectivity index (χ4v) is 3.60. The summed E-state index contributed by atoms with van der Waals surface area (Å²) in [7, 11) is 0. The highest BCUT2D eigenvalue weighted by atomic mass is 16.6. The smallest absolute Gasteiger partial charge is 0.410 e. The third-order valence-electron chi connectivity index (χ3n) is 5.16. The number of rotatable bonds is 3. The van der Waals surface area contributed by atoms with Crippen molar-refractivity contribution in [1.29, 1.82) is 0 Å². The predicted octanol–water partition coefficient (Wildman–Crippen LogP) is 4.28. The molecular weight excluding hydrogens is 364 g/mol. The van der Waals surface area contributed by atoms with E-state index in [0.717, 1.165) is 30.5 Å². The molecule has 0 saturated carbocycles. The molecular formula is C23H28N4O2. The molecule has 1 aliphatic heterocycles. The van der Waals surface area contributed by atoms with Crippen LogP contribution in [0.5, 0.6) is 0 Å². The quantitative estimate of drug-likeness (QED) is 0.723. The van der Waals surface area contributed by atoms with Crippen LogP contribution in [0.25, 0.3) is 22.0 Å². The van der Waals surface area contributed by atoms with E-state index in [-0.39, 0.29) is 6.09 Å². The summed E-state index contributed by atoms with van der Waals surface area (Å²) in [5.41, 5.74) is 4.28. The van der Waals surface area contributed by atoms with Crippen molar-refractivity contribution in [2.75, 3.05) is 26.2 Å². The van der Waals surface area contributed by atoms with Crippen LogP contribution in [-0.4, -0.2) is 57.9 Å². The van der Waals surface area contributed by atoms with Crippen molar-refractivity contribution in [3.05, 3.63) is 54.2 Å². The Kier molecular flexibility index (Phi) is 5.28. The first-order valence-electron chi connectivity index (χ1n) is 10.1. The molecule has 1 N–H and O–H groups in total. The van der Waals surface area contributed by atoms with Crippen LogP contribution in [0.1, 0.15) is 26.3 Å². The van der Waals surface area contributed by atoms with Crippen molar-refractivity contribution >= 4 is 17.0 Å². The van der Waals surface area contributed by atoms with Crippen LogP contribution in [0.2, 0.25) is 0 Å². The Hall–Kier alpha value is -2.86. The molecule has 1 saturated heterocycles. The third kappa shape index (κ3) is 4.77. The monoisotopic (exact) mass is 392 g/mol. The molecule has 0 atom stereocenters. The largest absolute Gasteiger partial charge is 0.444 e. The Bertz CT molecular complexity index is 980. The molecule has 152 valence electrons. The normalized spacial score (nSPS) is 15.6. The van der Waals surface area contributed by atoms with Gasteiger partial charge in [0.05, 0.1) is 11.7 Å². The molecule has 0 bridgehead atoms. The number of nitrogens with one attached hydrogen (secondary N) is 1. The van der Waals surface area contributed by atoms with Crippen LogP contribution >= 0.6 is 0 Å². The molecule has 0 radical (unpaired) electrons. The number of H-pyrrole nitrogens is 1. The van der Waals surface area contributed by atoms with E-state index in [1.165, 1.54) is 16.7 Å². The molecule has 0 unspecified atom stereocenters. The Morgan fingerprint density at radius 3 is 2.41 bits per heavy atom. The van der Waals surface area contributed by atoms with Gasteiger partial charge < -0.3 is 9.64 Å². The van der Waals surface area contributed by atoms with Crippen LogP contribution < -0.4 is 0 Å². The van der Waals surface area contributed by atoms with E-state index in [4.69, 9.17) is 4.74 Å². The molecule has 1 aliphatic rings. The van der Waals surface area contributed by atoms with Gasteiger partial charge in [0.15, 0.2) is 0 Å². The molecule has 0 aliphatic carbocycles. The second-order valence-electron chi connectivity index (χ2n) is 8.61. The number of hydrogen-bond acceptors (Lipinski definition) is 4. The maximum Gasteiger partial charge on any atom is 0.410 e. The second kappa shape index (κ2) is 7.87. The molecule has 29 heavy (non-hydrogen) atoms. The topological polar surface area (TPSA) is 61.5 Å². The van der Waals surface area contributed by atoms with Gasteiger partial charge >= 0.3 is 6.09 Å². The van der Waals surface area contributed by atoms with E-state index in [1.807, 2.05) is 27.0 Å². The van der Waals surface area contributed by atoms with Crippen LogP contribution in [0, 0.1) is 0 Å². The first kappa shape index (κ1) is 19.5. The Morgan fingerprint density at radius 1 is 1.03 bits per heavy atom. The standard InChI is InChI=1S/C23H28N4O2/c1-23(2,3)29-22(28)27-12-10-26(11-13-27)16-17-4-6-18(7-5-17)19-8-9-21-20(14-19)15-24-25-21/h4-9,14-15H,10-13,16H2,1-3H3,(H,24,25). The van der Waals surface area contributed by atoms with E-state index >= 15 is 0 Å². The number of hydrogen-bond donors (Lipinski definition) is 1. The van der Waals surface area contributed by atoms with Gasteiger partial charge in [0, 0.05) is 38.1 Å². The number of fused-ring (bicyclic) bond motifs is 1. The molecule has 2 heterocycles. The summed E-state index contributed by atoms with van der Waals surface area (Å²) in [5.74, 6) is 0. The number of carbonyl (C=O) groups excluding carboxylic acids is 1. The highest BCUT2D eigenvalue weighted by Gasteiger charge is 2.25. The number of ether oxygens (including phenoxy) is 1. The van der Waals surface area contributed by atoms with Gasteiger partial charge in [-0.1, -0.05) is 30.3 Å². The highest BCUT2D eigenvalue weighted by molar-refractivity contribution is 5.84. The molecule has 1 fully saturated rings. The lowest BCUT2D eigenvalue weighted by molar-refractivity contribution is 0.0139. The first-order valence-corrected chi connectivity index (χ1v) is 10.1. The maximum absolute atomic E-state index is 12.2. The SMILES string of the molecule is CC(C)(C)OC(=O)N1CCN(Cc2ccc(-c3ccc4[nH]ncc4c3)cc2)CC1. The van der Waals surface area contributed by atoms with Crippen molar-refractivity contribution in [3.63, 3.8) is 0 Å². The van der Waals surface area contributed by atoms with E-state index < -0.39 is 5.60 Å². The third-order valence-corrected chi connectivity index (χ3v) is 5.16. The van der Waals surface area contributed by atoms with Gasteiger partial charge in [-0.15, -0.1) is 0 Å². The fraction of sp³-hybridized carbons (Fsp3) is 0.391. The second-order valence-corrected chi connectivity index (χ2v) is 8.61. The number of carbonyl (C=O) groups is 1. The lowest BCUT2D eigenvalue weighted by Gasteiger charge is -2.35. The van der Waals surface area contributed by atoms with Crippen LogP contribution in [0.3, 0.4) is 0 Å². The van der Waals surface area contributed by atoms with Crippen molar-refractivity contribution < 1.29 is 9.53 Å². The zero-order valence-corrected chi connectivity index (χ0v) is 17.3. The van der Waals surface area contributed by atoms with E-state index in [1.54, 1.807) is 4.90 Å². The summed E-state index contributed by atoms with van der Waals surface area (Å²) in [6.07, 6.45) is 1.64. The van der Waals surface area contributed by atoms with Crippen LogP contribution in [-0.2, 0) is 11.3 Å². The Balaban J connectivity index is 1.33. The predicted molar refractivity (Wildman–Crippen MR) is 115 cm³/mol. The number of aromatic amines is 1. The molecule has 6 heteroatoms. The summed E-state index contributed by atoms with van der Waals surface area (Å²) in [4.78, 5) is 16.4. The Labute approximate surface area is 171 Å². The molecule has 3 aromatic rings. The molecule has 1 amide bonds. The number of nitrogens with zero attached hydrogens (tertiary/aromatic N) is 3. The van der Waals surface area contributed by atoms with E-state index in [9.17, 15) is 4.79 Å². The lowest BCUT2D eigenvalue weighted by Crippen LogP contribution is -2.49. The number of amides is 1. The summed E-state index contributed by atoms with van der Waals surface area (Å²) in [5, 5.41) is 8.19. The van der Waals surface area contributed by atoms with Gasteiger partial charge in [0.2, 0.25) is 0 Å². The van der Waals surface area contributed by atoms with Gasteiger partial charge in [-0.3, -0.25) is 10.00 Å². The average Bonchev–Trinajstić information content (AvgIpc) is 3.15. The zero-order valence-electron chi connectivity index (χ0n) is 17.3. The maximum atomic E-state index is 12.2. The molecule has 0 spiro atoms. The minimum atomic E-state index is -0.446. The molecule has 2 aromatic carbocycles. The molecule has 4 rings (SSSR count). The summed E-state index contributed by atoms with van der Waals surface area (Å²) < 4.78 is 5.47. The lowest BCUT2D eigenvalue weighted by atomic mass is 10.0. The highest BCUT2D eigenvalue weighted by Crippen LogP contribution is 2.24. The van der Waals surface area contributed by atoms with Crippen molar-refractivity contribution in [3.8, 4) is 11.1 Å². The zero-order chi connectivity index (χ0) is 20.4. The summed E-state index contributed by atoms with van der Waals surface area (Å²) >= 11 is 0. The number of aromatic nitrogens is 2. The number of benzene rings is 2. The van der Waals surface area contributed by atoms with Crippen LogP contribution in [0.15, 0.2) is 48.7 Å². The van der Waals surface area contributed by atoms with E-state index in [2.05, 4.69) is 57.6 Å². The van der Waals surface area contributed by atoms with Crippen molar-refractivity contribution in [2.45, 2.75) is 32.9 Å². The van der Waals surface area contributed by atoms with Gasteiger partial charge in [0.25, 0.3) is 0 Å². The summed E-state index contributed by atoms with van der Waals surface area (Å²) in [6, 6.07) is 15.1. The Morgan fingerprint density at radius 2 is 1.72 bits per heavy atom. The minimum Gasteiger partial charge on any atom is -0.444 e.